The third-order valence-corrected chi connectivity index (χ3v) is 4.84. The molecule has 2 unspecified atom stereocenters. The molecule has 35 heavy (non-hydrogen) atoms. The fourth-order valence-electron chi connectivity index (χ4n) is 3.18. The molecule has 0 aliphatic heterocycles. The van der Waals surface area contributed by atoms with Crippen LogP contribution in [0.1, 0.15) is 71.4 Å². The molecule has 0 bridgehead atoms. The van der Waals surface area contributed by atoms with Crippen molar-refractivity contribution < 1.29 is 29.0 Å². The number of amides is 4. The molecular formula is C25H36N4O6. The first kappa shape index (κ1) is 29.3. The molecular weight excluding hydrogens is 452 g/mol. The standard InChI is InChI=1S/C25H36N4O6/c1-6-8-9-16-27-22(32)21(17-10-12-18(30)13-11-17)29(7-2)23(33)19(14-15-20(26)31)28-24(34)35-25(3,4)5/h2,10-13,19,21,30H,6,8-9,14-16H2,1,3-5H3,(H2,26,31)(H,27,32)(H,28,34). The highest BCUT2D eigenvalue weighted by molar-refractivity contribution is 5.93. The summed E-state index contributed by atoms with van der Waals surface area (Å²) in [5.74, 6) is -2.02. The third-order valence-electron chi connectivity index (χ3n) is 4.84. The summed E-state index contributed by atoms with van der Waals surface area (Å²) in [5.41, 5.74) is 4.76. The smallest absolute Gasteiger partial charge is 0.408 e. The molecule has 4 amide bonds. The number of benzene rings is 1. The molecule has 0 fully saturated rings. The number of ether oxygens (including phenoxy) is 1. The number of primary amides is 1. The molecule has 0 spiro atoms. The van der Waals surface area contributed by atoms with Gasteiger partial charge in [0.1, 0.15) is 23.4 Å². The Bertz CT molecular complexity index is 917. The monoisotopic (exact) mass is 488 g/mol. The zero-order valence-corrected chi connectivity index (χ0v) is 20.8. The molecule has 1 aromatic rings. The van der Waals surface area contributed by atoms with E-state index in [1.807, 2.05) is 6.92 Å². The van der Waals surface area contributed by atoms with Crippen molar-refractivity contribution in [3.63, 3.8) is 0 Å². The van der Waals surface area contributed by atoms with E-state index in [1.54, 1.807) is 20.8 Å². The molecule has 10 nitrogen and oxygen atoms in total. The largest absolute Gasteiger partial charge is 0.508 e. The average molecular weight is 489 g/mol. The number of hydrogen-bond donors (Lipinski definition) is 4. The SMILES string of the molecule is C#CN(C(=O)C(CCC(N)=O)NC(=O)OC(C)(C)C)C(C(=O)NCCCCC)c1ccc(O)cc1. The number of alkyl carbamates (subject to hydrolysis) is 1. The maximum Gasteiger partial charge on any atom is 0.408 e. The van der Waals surface area contributed by atoms with Gasteiger partial charge in [-0.3, -0.25) is 19.3 Å². The van der Waals surface area contributed by atoms with Crippen LogP contribution < -0.4 is 16.4 Å². The summed E-state index contributed by atoms with van der Waals surface area (Å²) in [6.45, 7) is 7.39. The number of unbranched alkanes of at least 4 members (excludes halogenated alkanes) is 2. The van der Waals surface area contributed by atoms with Gasteiger partial charge in [0.15, 0.2) is 0 Å². The number of hydrogen-bond acceptors (Lipinski definition) is 6. The van der Waals surface area contributed by atoms with Gasteiger partial charge in [0.25, 0.3) is 5.91 Å². The van der Waals surface area contributed by atoms with Crippen LogP contribution in [-0.4, -0.2) is 52.0 Å². The van der Waals surface area contributed by atoms with Gasteiger partial charge in [0.2, 0.25) is 11.8 Å². The van der Waals surface area contributed by atoms with Gasteiger partial charge in [-0.2, -0.15) is 0 Å². The number of nitrogens with two attached hydrogens (primary N) is 1. The van der Waals surface area contributed by atoms with E-state index in [1.165, 1.54) is 24.3 Å². The van der Waals surface area contributed by atoms with Crippen molar-refractivity contribution in [2.75, 3.05) is 6.54 Å². The van der Waals surface area contributed by atoms with E-state index in [0.717, 1.165) is 24.2 Å². The summed E-state index contributed by atoms with van der Waals surface area (Å²) in [7, 11) is 0. The second-order valence-corrected chi connectivity index (χ2v) is 9.03. The Hall–Kier alpha value is -3.74. The Morgan fingerprint density at radius 1 is 1.17 bits per heavy atom. The zero-order chi connectivity index (χ0) is 26.6. The quantitative estimate of drug-likeness (QED) is 0.201. The van der Waals surface area contributed by atoms with Crippen LogP contribution in [0.25, 0.3) is 0 Å². The minimum atomic E-state index is -1.28. The Morgan fingerprint density at radius 3 is 2.31 bits per heavy atom. The number of nitrogens with zero attached hydrogens (tertiary/aromatic N) is 1. The molecule has 192 valence electrons. The highest BCUT2D eigenvalue weighted by atomic mass is 16.6. The Morgan fingerprint density at radius 2 is 1.80 bits per heavy atom. The Kier molecular flexibility index (Phi) is 11.6. The van der Waals surface area contributed by atoms with Gasteiger partial charge in [-0.15, -0.1) is 0 Å². The first-order chi connectivity index (χ1) is 16.4. The molecule has 0 heterocycles. The van der Waals surface area contributed by atoms with Crippen molar-refractivity contribution in [3.05, 3.63) is 29.8 Å². The van der Waals surface area contributed by atoms with Crippen molar-refractivity contribution in [3.8, 4) is 18.2 Å². The lowest BCUT2D eigenvalue weighted by Gasteiger charge is -2.30. The van der Waals surface area contributed by atoms with Crippen molar-refractivity contribution in [2.45, 2.75) is 77.5 Å². The minimum absolute atomic E-state index is 0.0274. The molecule has 1 rings (SSSR count). The van der Waals surface area contributed by atoms with Gasteiger partial charge in [0, 0.05) is 19.0 Å². The van der Waals surface area contributed by atoms with Crippen LogP contribution in [0.15, 0.2) is 24.3 Å². The first-order valence-corrected chi connectivity index (χ1v) is 11.5. The van der Waals surface area contributed by atoms with E-state index < -0.39 is 41.5 Å². The zero-order valence-electron chi connectivity index (χ0n) is 20.8. The van der Waals surface area contributed by atoms with E-state index in [-0.39, 0.29) is 18.6 Å². The molecule has 0 aliphatic carbocycles. The summed E-state index contributed by atoms with van der Waals surface area (Å²) in [6, 6.07) is 5.41. The van der Waals surface area contributed by atoms with Crippen molar-refractivity contribution in [1.82, 2.24) is 15.5 Å². The molecule has 0 saturated heterocycles. The lowest BCUT2D eigenvalue weighted by molar-refractivity contribution is -0.138. The van der Waals surface area contributed by atoms with Gasteiger partial charge in [-0.25, -0.2) is 4.79 Å². The van der Waals surface area contributed by atoms with Gasteiger partial charge in [0.05, 0.1) is 0 Å². The van der Waals surface area contributed by atoms with Crippen molar-refractivity contribution >= 4 is 23.8 Å². The number of phenols is 1. The van der Waals surface area contributed by atoms with E-state index in [4.69, 9.17) is 16.9 Å². The highest BCUT2D eigenvalue weighted by Gasteiger charge is 2.36. The van der Waals surface area contributed by atoms with Gasteiger partial charge in [-0.05, 0) is 51.3 Å². The van der Waals surface area contributed by atoms with Gasteiger partial charge < -0.3 is 26.2 Å². The molecule has 5 N–H and O–H groups in total. The Labute approximate surface area is 206 Å². The summed E-state index contributed by atoms with van der Waals surface area (Å²) in [5, 5.41) is 14.9. The van der Waals surface area contributed by atoms with Crippen molar-refractivity contribution in [2.24, 2.45) is 5.73 Å². The van der Waals surface area contributed by atoms with Crippen LogP contribution >= 0.6 is 0 Å². The van der Waals surface area contributed by atoms with Gasteiger partial charge in [-0.1, -0.05) is 38.3 Å². The fourth-order valence-corrected chi connectivity index (χ4v) is 3.18. The van der Waals surface area contributed by atoms with Crippen LogP contribution in [0.2, 0.25) is 0 Å². The van der Waals surface area contributed by atoms with E-state index >= 15 is 0 Å². The number of nitrogens with one attached hydrogen (secondary N) is 2. The molecule has 0 aliphatic rings. The molecule has 0 aromatic heterocycles. The number of terminal acetylenes is 1. The summed E-state index contributed by atoms with van der Waals surface area (Å²) >= 11 is 0. The molecule has 10 heteroatoms. The van der Waals surface area contributed by atoms with Crippen molar-refractivity contribution in [1.29, 1.82) is 0 Å². The number of phenolic OH excluding ortho intramolecular Hbond substituents is 1. The van der Waals surface area contributed by atoms with Gasteiger partial charge >= 0.3 is 6.09 Å². The normalized spacial score (nSPS) is 12.5. The predicted octanol–water partition coefficient (Wildman–Crippen LogP) is 2.32. The summed E-state index contributed by atoms with van der Waals surface area (Å²) in [4.78, 5) is 51.2. The Balaban J connectivity index is 3.28. The van der Waals surface area contributed by atoms with Crippen LogP contribution in [0.3, 0.4) is 0 Å². The minimum Gasteiger partial charge on any atom is -0.508 e. The summed E-state index contributed by atoms with van der Waals surface area (Å²) in [6.07, 6.45) is 7.05. The first-order valence-electron chi connectivity index (χ1n) is 11.5. The number of carbonyl (C=O) groups is 4. The maximum atomic E-state index is 13.5. The average Bonchev–Trinajstić information content (AvgIpc) is 2.76. The molecule has 0 radical (unpaired) electrons. The second-order valence-electron chi connectivity index (χ2n) is 9.03. The van der Waals surface area contributed by atoms with Crippen LogP contribution in [0.5, 0.6) is 5.75 Å². The number of carbonyl (C=O) groups excluding carboxylic acids is 4. The number of aromatic hydroxyl groups is 1. The molecule has 1 aromatic carbocycles. The topological polar surface area (TPSA) is 151 Å². The third kappa shape index (κ3) is 10.4. The number of rotatable bonds is 12. The highest BCUT2D eigenvalue weighted by Crippen LogP contribution is 2.24. The maximum absolute atomic E-state index is 13.5. The second kappa shape index (κ2) is 13.8. The van der Waals surface area contributed by atoms with E-state index in [9.17, 15) is 24.3 Å². The lowest BCUT2D eigenvalue weighted by Crippen LogP contribution is -2.51. The fraction of sp³-hybridized carbons (Fsp3) is 0.520. The van der Waals surface area contributed by atoms with Crippen LogP contribution in [0.4, 0.5) is 4.79 Å². The predicted molar refractivity (Wildman–Crippen MR) is 131 cm³/mol. The lowest BCUT2D eigenvalue weighted by atomic mass is 10.0. The van der Waals surface area contributed by atoms with E-state index in [0.29, 0.717) is 12.1 Å². The molecule has 0 saturated carbocycles. The van der Waals surface area contributed by atoms with E-state index in [2.05, 4.69) is 16.7 Å². The van der Waals surface area contributed by atoms with Crippen LogP contribution in [0, 0.1) is 12.5 Å². The molecule has 2 atom stereocenters. The van der Waals surface area contributed by atoms with Crippen LogP contribution in [-0.2, 0) is 19.1 Å². The summed E-state index contributed by atoms with van der Waals surface area (Å²) < 4.78 is 5.22.